The molecule has 2 aromatic rings. The summed E-state index contributed by atoms with van der Waals surface area (Å²) in [5, 5.41) is 11.6. The zero-order valence-corrected chi connectivity index (χ0v) is 15.9. The molecule has 0 bridgehead atoms. The second-order valence-corrected chi connectivity index (χ2v) is 7.09. The van der Waals surface area contributed by atoms with Gasteiger partial charge in [0.15, 0.2) is 5.69 Å². The fourth-order valence-corrected chi connectivity index (χ4v) is 3.61. The van der Waals surface area contributed by atoms with Crippen LogP contribution in [0.4, 0.5) is 18.9 Å². The van der Waals surface area contributed by atoms with E-state index in [0.717, 1.165) is 0 Å². The van der Waals surface area contributed by atoms with Crippen molar-refractivity contribution in [2.24, 2.45) is 11.8 Å². The molecule has 154 valence electrons. The van der Waals surface area contributed by atoms with Crippen molar-refractivity contribution in [2.75, 3.05) is 7.11 Å². The van der Waals surface area contributed by atoms with Crippen LogP contribution in [0.1, 0.15) is 31.2 Å². The van der Waals surface area contributed by atoms with Crippen LogP contribution in [-0.2, 0) is 0 Å². The topological polar surface area (TPSA) is 65.3 Å². The van der Waals surface area contributed by atoms with Gasteiger partial charge in [0.05, 0.1) is 18.0 Å². The minimum atomic E-state index is -4.14. The van der Waals surface area contributed by atoms with Gasteiger partial charge in [-0.05, 0) is 31.6 Å². The van der Waals surface area contributed by atoms with Gasteiger partial charge in [0, 0.05) is 17.2 Å². The van der Waals surface area contributed by atoms with Crippen LogP contribution in [0.25, 0.3) is 17.3 Å². The Bertz CT molecular complexity index is 890. The van der Waals surface area contributed by atoms with E-state index in [1.807, 2.05) is 0 Å². The highest BCUT2D eigenvalue weighted by molar-refractivity contribution is 5.73. The first-order valence-electron chi connectivity index (χ1n) is 9.33. The third-order valence-corrected chi connectivity index (χ3v) is 5.22. The van der Waals surface area contributed by atoms with Gasteiger partial charge in [-0.2, -0.15) is 13.2 Å². The molecule has 1 saturated carbocycles. The van der Waals surface area contributed by atoms with Crippen molar-refractivity contribution in [3.05, 3.63) is 58.2 Å². The number of ether oxygens (including phenoxy) is 1. The Morgan fingerprint density at radius 1 is 1.17 bits per heavy atom. The number of pyridine rings is 1. The van der Waals surface area contributed by atoms with E-state index in [1.54, 1.807) is 42.5 Å². The summed E-state index contributed by atoms with van der Waals surface area (Å²) in [4.78, 5) is 15.4. The molecule has 0 aliphatic heterocycles. The average Bonchev–Trinajstić information content (AvgIpc) is 2.71. The lowest BCUT2D eigenvalue weighted by atomic mass is 9.81. The maximum Gasteiger partial charge on any atom is 0.391 e. The van der Waals surface area contributed by atoms with Crippen molar-refractivity contribution < 1.29 is 22.8 Å². The van der Waals surface area contributed by atoms with Crippen LogP contribution >= 0.6 is 0 Å². The van der Waals surface area contributed by atoms with Gasteiger partial charge in [-0.25, -0.2) is 4.98 Å². The number of aromatic nitrogens is 1. The summed E-state index contributed by atoms with van der Waals surface area (Å²) >= 11 is 0. The van der Waals surface area contributed by atoms with Crippen LogP contribution < -0.4 is 4.74 Å². The lowest BCUT2D eigenvalue weighted by Crippen LogP contribution is -2.27. The maximum atomic E-state index is 12.8. The number of hydrogen-bond donors (Lipinski definition) is 0. The fourth-order valence-electron chi connectivity index (χ4n) is 3.61. The van der Waals surface area contributed by atoms with E-state index in [4.69, 9.17) is 4.74 Å². The van der Waals surface area contributed by atoms with Crippen LogP contribution in [0.5, 0.6) is 5.88 Å². The molecule has 0 radical (unpaired) electrons. The summed E-state index contributed by atoms with van der Waals surface area (Å²) in [7, 11) is 1.43. The van der Waals surface area contributed by atoms with Crippen LogP contribution in [-0.4, -0.2) is 23.2 Å². The van der Waals surface area contributed by atoms with Crippen molar-refractivity contribution >= 4 is 11.8 Å². The summed E-state index contributed by atoms with van der Waals surface area (Å²) in [6.45, 7) is 0. The molecule has 1 aromatic heterocycles. The number of hydrogen-bond acceptors (Lipinski definition) is 4. The number of allylic oxidation sites excluding steroid dienone is 1. The molecule has 0 amide bonds. The number of alkyl halides is 3. The zero-order valence-electron chi connectivity index (χ0n) is 15.9. The molecule has 1 aliphatic rings. The summed E-state index contributed by atoms with van der Waals surface area (Å²) in [6, 6.07) is 10.2. The highest BCUT2D eigenvalue weighted by Crippen LogP contribution is 2.40. The lowest BCUT2D eigenvalue weighted by Gasteiger charge is -2.28. The van der Waals surface area contributed by atoms with E-state index in [9.17, 15) is 23.3 Å². The Balaban J connectivity index is 1.85. The Morgan fingerprint density at radius 2 is 1.83 bits per heavy atom. The van der Waals surface area contributed by atoms with Crippen LogP contribution in [0.2, 0.25) is 0 Å². The molecular weight excluding hydrogens is 385 g/mol. The average molecular weight is 406 g/mol. The number of nitrogens with zero attached hydrogens (tertiary/aromatic N) is 2. The molecular formula is C21H21F3N2O3. The molecule has 1 aromatic carbocycles. The first-order valence-corrected chi connectivity index (χ1v) is 9.33. The fraction of sp³-hybridized carbons (Fsp3) is 0.381. The molecule has 1 aliphatic carbocycles. The molecule has 1 fully saturated rings. The van der Waals surface area contributed by atoms with E-state index >= 15 is 0 Å². The molecule has 5 nitrogen and oxygen atoms in total. The second kappa shape index (κ2) is 8.63. The summed E-state index contributed by atoms with van der Waals surface area (Å²) < 4.78 is 43.7. The van der Waals surface area contributed by atoms with Gasteiger partial charge in [0.2, 0.25) is 5.88 Å². The lowest BCUT2D eigenvalue weighted by molar-refractivity contribution is -0.384. The molecule has 1 heterocycles. The van der Waals surface area contributed by atoms with Gasteiger partial charge >= 0.3 is 6.18 Å². The minimum absolute atomic E-state index is 0.00818. The first kappa shape index (κ1) is 20.8. The van der Waals surface area contributed by atoms with Gasteiger partial charge in [0.25, 0.3) is 5.69 Å². The predicted molar refractivity (Wildman–Crippen MR) is 103 cm³/mol. The molecule has 0 saturated heterocycles. The van der Waals surface area contributed by atoms with Crippen LogP contribution in [0, 0.1) is 22.0 Å². The number of methoxy groups -OCH3 is 1. The Labute approximate surface area is 166 Å². The number of rotatable bonds is 5. The number of nitro groups is 1. The van der Waals surface area contributed by atoms with Gasteiger partial charge in [-0.15, -0.1) is 0 Å². The normalized spacial score (nSPS) is 20.0. The van der Waals surface area contributed by atoms with E-state index in [1.165, 1.54) is 13.2 Å². The third-order valence-electron chi connectivity index (χ3n) is 5.22. The van der Waals surface area contributed by atoms with Crippen molar-refractivity contribution in [3.63, 3.8) is 0 Å². The molecule has 3 rings (SSSR count). The highest BCUT2D eigenvalue weighted by Gasteiger charge is 2.41. The van der Waals surface area contributed by atoms with Crippen LogP contribution in [0.3, 0.4) is 0 Å². The second-order valence-electron chi connectivity index (χ2n) is 7.09. The minimum Gasteiger partial charge on any atom is -0.481 e. The number of benzene rings is 1. The molecule has 0 unspecified atom stereocenters. The zero-order chi connectivity index (χ0) is 21.0. The van der Waals surface area contributed by atoms with Crippen LogP contribution in [0.15, 0.2) is 42.5 Å². The van der Waals surface area contributed by atoms with E-state index < -0.39 is 17.0 Å². The summed E-state index contributed by atoms with van der Waals surface area (Å²) in [5.41, 5.74) is 1.07. The maximum absolute atomic E-state index is 12.8. The molecule has 0 spiro atoms. The largest absolute Gasteiger partial charge is 0.481 e. The van der Waals surface area contributed by atoms with Gasteiger partial charge in [-0.3, -0.25) is 10.1 Å². The van der Waals surface area contributed by atoms with Gasteiger partial charge in [0.1, 0.15) is 0 Å². The Kier molecular flexibility index (Phi) is 6.20. The van der Waals surface area contributed by atoms with E-state index in [2.05, 4.69) is 4.98 Å². The Morgan fingerprint density at radius 3 is 2.38 bits per heavy atom. The third kappa shape index (κ3) is 4.93. The van der Waals surface area contributed by atoms with Crippen molar-refractivity contribution in [1.82, 2.24) is 4.98 Å². The predicted octanol–water partition coefficient (Wildman–Crippen LogP) is 6.05. The van der Waals surface area contributed by atoms with Crippen molar-refractivity contribution in [1.29, 1.82) is 0 Å². The van der Waals surface area contributed by atoms with Gasteiger partial charge in [-0.1, -0.05) is 42.5 Å². The monoisotopic (exact) mass is 406 g/mol. The standard InChI is InChI=1S/C21H21F3N2O3/c1-29-20-16(10-7-14-8-11-17(12-9-14)21(22,23)24)13-18(26(27)28)19(25-20)15-5-3-2-4-6-15/h2-7,10,13-14,17H,8-9,11-12H2,1H3/b10-7+/t14-,17-. The smallest absolute Gasteiger partial charge is 0.391 e. The van der Waals surface area contributed by atoms with E-state index in [-0.39, 0.29) is 36.0 Å². The summed E-state index contributed by atoms with van der Waals surface area (Å²) in [5.74, 6) is -1.02. The summed E-state index contributed by atoms with van der Waals surface area (Å²) in [6.07, 6.45) is 0.378. The SMILES string of the molecule is COc1nc(-c2ccccc2)c([N+](=O)[O-])cc1/C=C/[C@H]1CC[C@H](C(F)(F)F)CC1. The van der Waals surface area contributed by atoms with Gasteiger partial charge < -0.3 is 4.74 Å². The molecule has 0 N–H and O–H groups in total. The van der Waals surface area contributed by atoms with Crippen molar-refractivity contribution in [3.8, 4) is 17.1 Å². The van der Waals surface area contributed by atoms with Crippen molar-refractivity contribution in [2.45, 2.75) is 31.9 Å². The number of halogens is 3. The molecule has 29 heavy (non-hydrogen) atoms. The van der Waals surface area contributed by atoms with E-state index in [0.29, 0.717) is 24.0 Å². The quantitative estimate of drug-likeness (QED) is 0.448. The first-order chi connectivity index (χ1) is 13.8. The highest BCUT2D eigenvalue weighted by atomic mass is 19.4. The molecule has 0 atom stereocenters. The molecule has 8 heteroatoms. The Hall–Kier alpha value is -2.90.